The van der Waals surface area contributed by atoms with Gasteiger partial charge in [-0.15, -0.1) is 0 Å². The number of carboxylic acids is 1. The number of carbonyl (C=O) groups is 1. The predicted molar refractivity (Wildman–Crippen MR) is 60.1 cm³/mol. The number of methoxy groups -OCH3 is 1. The Labute approximate surface area is 94.5 Å². The number of carboxylic acid groups (broad SMARTS) is 1. The van der Waals surface area contributed by atoms with Crippen LogP contribution in [-0.4, -0.2) is 23.3 Å². The summed E-state index contributed by atoms with van der Waals surface area (Å²) in [6, 6.07) is 3.50. The van der Waals surface area contributed by atoms with Crippen LogP contribution in [0.5, 0.6) is 11.5 Å². The third kappa shape index (κ3) is 2.66. The molecule has 0 aliphatic rings. The molecule has 1 atom stereocenters. The molecule has 4 nitrogen and oxygen atoms in total. The molecule has 0 amide bonds. The van der Waals surface area contributed by atoms with Gasteiger partial charge in [0.1, 0.15) is 0 Å². The molecule has 0 aliphatic carbocycles. The highest BCUT2D eigenvalue weighted by Gasteiger charge is 2.17. The molecule has 0 heterocycles. The fourth-order valence-electron chi connectivity index (χ4n) is 1.68. The SMILES string of the molecule is COc1cc(C)cc(C(C)CC(=O)O)c1O. The van der Waals surface area contributed by atoms with Gasteiger partial charge in [0.2, 0.25) is 0 Å². The second-order valence-electron chi connectivity index (χ2n) is 3.90. The second-order valence-corrected chi connectivity index (χ2v) is 3.90. The van der Waals surface area contributed by atoms with Gasteiger partial charge in [0.25, 0.3) is 0 Å². The first-order valence-corrected chi connectivity index (χ1v) is 5.05. The lowest BCUT2D eigenvalue weighted by molar-refractivity contribution is -0.137. The third-order valence-electron chi connectivity index (χ3n) is 2.48. The van der Waals surface area contributed by atoms with Crippen molar-refractivity contribution >= 4 is 5.97 Å². The number of hydrogen-bond donors (Lipinski definition) is 2. The first-order chi connectivity index (χ1) is 7.45. The zero-order valence-electron chi connectivity index (χ0n) is 9.65. The maximum absolute atomic E-state index is 10.6. The highest BCUT2D eigenvalue weighted by atomic mass is 16.5. The van der Waals surface area contributed by atoms with Crippen molar-refractivity contribution in [1.82, 2.24) is 0 Å². The number of phenolic OH excluding ortho intramolecular Hbond substituents is 1. The normalized spacial score (nSPS) is 12.2. The average molecular weight is 224 g/mol. The van der Waals surface area contributed by atoms with Crippen molar-refractivity contribution in [2.45, 2.75) is 26.2 Å². The minimum atomic E-state index is -0.882. The summed E-state index contributed by atoms with van der Waals surface area (Å²) >= 11 is 0. The lowest BCUT2D eigenvalue weighted by Gasteiger charge is -2.15. The van der Waals surface area contributed by atoms with E-state index >= 15 is 0 Å². The Kier molecular flexibility index (Phi) is 3.77. The molecule has 0 aliphatic heterocycles. The summed E-state index contributed by atoms with van der Waals surface area (Å²) in [5.74, 6) is -0.715. The van der Waals surface area contributed by atoms with Crippen LogP contribution in [-0.2, 0) is 4.79 Å². The van der Waals surface area contributed by atoms with Gasteiger partial charge in [-0.05, 0) is 24.5 Å². The number of ether oxygens (including phenoxy) is 1. The lowest BCUT2D eigenvalue weighted by atomic mass is 9.95. The van der Waals surface area contributed by atoms with E-state index in [0.29, 0.717) is 11.3 Å². The average Bonchev–Trinajstić information content (AvgIpc) is 2.19. The summed E-state index contributed by atoms with van der Waals surface area (Å²) in [7, 11) is 1.47. The molecule has 0 spiro atoms. The van der Waals surface area contributed by atoms with E-state index < -0.39 is 5.97 Å². The Hall–Kier alpha value is -1.71. The van der Waals surface area contributed by atoms with E-state index in [9.17, 15) is 9.90 Å². The third-order valence-corrected chi connectivity index (χ3v) is 2.48. The van der Waals surface area contributed by atoms with Crippen LogP contribution in [0.15, 0.2) is 12.1 Å². The largest absolute Gasteiger partial charge is 0.504 e. The van der Waals surface area contributed by atoms with E-state index in [1.807, 2.05) is 6.92 Å². The van der Waals surface area contributed by atoms with Crippen LogP contribution in [0.2, 0.25) is 0 Å². The summed E-state index contributed by atoms with van der Waals surface area (Å²) in [5, 5.41) is 18.6. The number of aromatic hydroxyl groups is 1. The number of aliphatic carboxylic acids is 1. The summed E-state index contributed by atoms with van der Waals surface area (Å²) in [4.78, 5) is 10.6. The van der Waals surface area contributed by atoms with E-state index in [-0.39, 0.29) is 18.1 Å². The molecule has 1 aromatic rings. The molecule has 1 rings (SSSR count). The summed E-state index contributed by atoms with van der Waals surface area (Å²) in [5.41, 5.74) is 1.54. The van der Waals surface area contributed by atoms with E-state index in [2.05, 4.69) is 0 Å². The molecule has 88 valence electrons. The number of phenols is 1. The van der Waals surface area contributed by atoms with E-state index in [1.54, 1.807) is 19.1 Å². The van der Waals surface area contributed by atoms with Crippen LogP contribution in [0.3, 0.4) is 0 Å². The molecular formula is C12H16O4. The molecule has 16 heavy (non-hydrogen) atoms. The number of benzene rings is 1. The van der Waals surface area contributed by atoms with Gasteiger partial charge in [-0.1, -0.05) is 13.0 Å². The molecule has 0 radical (unpaired) electrons. The molecule has 1 unspecified atom stereocenters. The molecule has 0 bridgehead atoms. The fraction of sp³-hybridized carbons (Fsp3) is 0.417. The first kappa shape index (κ1) is 12.4. The van der Waals surface area contributed by atoms with Gasteiger partial charge in [-0.25, -0.2) is 0 Å². The quantitative estimate of drug-likeness (QED) is 0.823. The van der Waals surface area contributed by atoms with Crippen molar-refractivity contribution in [2.24, 2.45) is 0 Å². The lowest BCUT2D eigenvalue weighted by Crippen LogP contribution is -2.04. The number of aryl methyl sites for hydroxylation is 1. The van der Waals surface area contributed by atoms with Crippen LogP contribution in [0.25, 0.3) is 0 Å². The Balaban J connectivity index is 3.12. The van der Waals surface area contributed by atoms with Crippen LogP contribution < -0.4 is 4.74 Å². The molecule has 4 heteroatoms. The molecule has 1 aromatic carbocycles. The van der Waals surface area contributed by atoms with Crippen molar-refractivity contribution in [3.63, 3.8) is 0 Å². The van der Waals surface area contributed by atoms with E-state index in [0.717, 1.165) is 5.56 Å². The highest BCUT2D eigenvalue weighted by molar-refractivity contribution is 5.68. The summed E-state index contributed by atoms with van der Waals surface area (Å²) in [6.07, 6.45) is -0.0137. The summed E-state index contributed by atoms with van der Waals surface area (Å²) in [6.45, 7) is 3.64. The molecule has 0 fully saturated rings. The summed E-state index contributed by atoms with van der Waals surface area (Å²) < 4.78 is 5.02. The minimum absolute atomic E-state index is 0.0137. The van der Waals surface area contributed by atoms with Gasteiger partial charge in [0, 0.05) is 5.56 Å². The molecule has 0 aromatic heterocycles. The van der Waals surface area contributed by atoms with Crippen LogP contribution in [0.1, 0.15) is 30.4 Å². The Morgan fingerprint density at radius 2 is 2.12 bits per heavy atom. The van der Waals surface area contributed by atoms with Crippen molar-refractivity contribution < 1.29 is 19.7 Å². The molecular weight excluding hydrogens is 208 g/mol. The van der Waals surface area contributed by atoms with Crippen LogP contribution >= 0.6 is 0 Å². The van der Waals surface area contributed by atoms with Crippen molar-refractivity contribution in [1.29, 1.82) is 0 Å². The standard InChI is InChI=1S/C12H16O4/c1-7-4-9(8(2)6-11(13)14)12(15)10(5-7)16-3/h4-5,8,15H,6H2,1-3H3,(H,13,14). The molecule has 0 saturated carbocycles. The highest BCUT2D eigenvalue weighted by Crippen LogP contribution is 2.36. The zero-order valence-corrected chi connectivity index (χ0v) is 9.65. The van der Waals surface area contributed by atoms with Crippen molar-refractivity contribution in [2.75, 3.05) is 7.11 Å². The molecule has 0 saturated heterocycles. The monoisotopic (exact) mass is 224 g/mol. The van der Waals surface area contributed by atoms with Gasteiger partial charge in [-0.2, -0.15) is 0 Å². The Morgan fingerprint density at radius 1 is 1.50 bits per heavy atom. The van der Waals surface area contributed by atoms with Crippen LogP contribution in [0.4, 0.5) is 0 Å². The van der Waals surface area contributed by atoms with Gasteiger partial charge in [-0.3, -0.25) is 4.79 Å². The topological polar surface area (TPSA) is 66.8 Å². The zero-order chi connectivity index (χ0) is 12.3. The van der Waals surface area contributed by atoms with Crippen LogP contribution in [0, 0.1) is 6.92 Å². The minimum Gasteiger partial charge on any atom is -0.504 e. The fourth-order valence-corrected chi connectivity index (χ4v) is 1.68. The number of rotatable bonds is 4. The van der Waals surface area contributed by atoms with Gasteiger partial charge in [0.15, 0.2) is 11.5 Å². The van der Waals surface area contributed by atoms with E-state index in [4.69, 9.17) is 9.84 Å². The smallest absolute Gasteiger partial charge is 0.303 e. The second kappa shape index (κ2) is 4.88. The predicted octanol–water partition coefficient (Wildman–Crippen LogP) is 2.29. The maximum atomic E-state index is 10.6. The maximum Gasteiger partial charge on any atom is 0.303 e. The first-order valence-electron chi connectivity index (χ1n) is 5.05. The van der Waals surface area contributed by atoms with Gasteiger partial charge in [0.05, 0.1) is 13.5 Å². The van der Waals surface area contributed by atoms with E-state index in [1.165, 1.54) is 7.11 Å². The Bertz CT molecular complexity index is 398. The number of hydrogen-bond acceptors (Lipinski definition) is 3. The van der Waals surface area contributed by atoms with Gasteiger partial charge < -0.3 is 14.9 Å². The molecule has 2 N–H and O–H groups in total. The Morgan fingerprint density at radius 3 is 2.62 bits per heavy atom. The van der Waals surface area contributed by atoms with Crippen molar-refractivity contribution in [3.05, 3.63) is 23.3 Å². The van der Waals surface area contributed by atoms with Crippen molar-refractivity contribution in [3.8, 4) is 11.5 Å². The van der Waals surface area contributed by atoms with Gasteiger partial charge >= 0.3 is 5.97 Å².